The third-order valence-corrected chi connectivity index (χ3v) is 4.63. The number of ether oxygens (including phenoxy) is 4. The fraction of sp³-hybridized carbons (Fsp3) is 0.421. The molecule has 1 aliphatic heterocycles. The molecule has 176 valence electrons. The molecule has 1 unspecified atom stereocenters. The van der Waals surface area contributed by atoms with Gasteiger partial charge in [-0.1, -0.05) is 23.3 Å². The van der Waals surface area contributed by atoms with Crippen molar-refractivity contribution in [3.05, 3.63) is 79.4 Å². The van der Waals surface area contributed by atoms with Crippen LogP contribution in [0.15, 0.2) is 57.3 Å². The molecule has 12 nitrogen and oxygen atoms in total. The van der Waals surface area contributed by atoms with Gasteiger partial charge in [0.2, 0.25) is 0 Å². The summed E-state index contributed by atoms with van der Waals surface area (Å²) in [5, 5.41) is 3.48. The fourth-order valence-corrected chi connectivity index (χ4v) is 3.25. The Morgan fingerprint density at radius 1 is 1.30 bits per heavy atom. The number of aromatic amines is 1. The predicted molar refractivity (Wildman–Crippen MR) is 107 cm³/mol. The van der Waals surface area contributed by atoms with Gasteiger partial charge >= 0.3 is 17.8 Å². The molecular weight excluding hydrogens is 448 g/mol. The van der Waals surface area contributed by atoms with E-state index < -0.39 is 61.0 Å². The smallest absolute Gasteiger partial charge is 0.379 e. The maximum absolute atomic E-state index is 14.2. The number of aromatic nitrogens is 2. The van der Waals surface area contributed by atoms with Crippen LogP contribution in [0.1, 0.15) is 16.6 Å². The first kappa shape index (κ1) is 24.1. The molecule has 0 bridgehead atoms. The highest BCUT2D eigenvalue weighted by molar-refractivity contribution is 5.89. The highest BCUT2D eigenvalue weighted by Crippen LogP contribution is 2.36. The molecule has 0 amide bonds. The van der Waals surface area contributed by atoms with Gasteiger partial charge in [0.1, 0.15) is 25.4 Å². The summed E-state index contributed by atoms with van der Waals surface area (Å²) in [6, 6.07) is 7.48. The van der Waals surface area contributed by atoms with E-state index in [9.17, 15) is 23.2 Å². The van der Waals surface area contributed by atoms with Crippen LogP contribution in [-0.2, 0) is 18.9 Å². The van der Waals surface area contributed by atoms with Gasteiger partial charge in [0.15, 0.2) is 6.23 Å². The zero-order valence-electron chi connectivity index (χ0n) is 17.2. The SMILES string of the molecule is COCC(F)(F)O[C@@H]1C(N=[N+]=[N-])[C@@H](COC(=O)c2ccccc2)O[C@H]1n1ccc(=O)[nH]c1=O. The standard InChI is InChI=1S/C19H19F2N5O7/c1-30-10-19(20,21)33-15-14(24-25-22)12(9-31-17(28)11-5-3-2-4-6-11)32-16(15)26-8-7-13(27)23-18(26)29/h2-8,12,14-16H,9-10H2,1H3,(H,23,27,29)/t12-,14?,15-,16-/m1/s1. The number of azide groups is 1. The van der Waals surface area contributed by atoms with E-state index in [1.165, 1.54) is 12.1 Å². The van der Waals surface area contributed by atoms with E-state index in [1.54, 1.807) is 18.2 Å². The van der Waals surface area contributed by atoms with E-state index in [-0.39, 0.29) is 5.56 Å². The van der Waals surface area contributed by atoms with Crippen molar-refractivity contribution in [3.63, 3.8) is 0 Å². The largest absolute Gasteiger partial charge is 0.459 e. The fourth-order valence-electron chi connectivity index (χ4n) is 3.25. The summed E-state index contributed by atoms with van der Waals surface area (Å²) in [6.07, 6.45) is -7.32. The van der Waals surface area contributed by atoms with Crippen LogP contribution < -0.4 is 11.2 Å². The molecule has 1 N–H and O–H groups in total. The molecule has 1 aliphatic rings. The number of rotatable bonds is 9. The number of benzene rings is 1. The molecule has 14 heteroatoms. The summed E-state index contributed by atoms with van der Waals surface area (Å²) in [4.78, 5) is 40.5. The van der Waals surface area contributed by atoms with E-state index in [4.69, 9.17) is 19.7 Å². The quantitative estimate of drug-likeness (QED) is 0.254. The van der Waals surface area contributed by atoms with Gasteiger partial charge < -0.3 is 18.9 Å². The van der Waals surface area contributed by atoms with Gasteiger partial charge in [-0.25, -0.2) is 9.59 Å². The number of halogens is 2. The highest BCUT2D eigenvalue weighted by atomic mass is 19.3. The second-order valence-electron chi connectivity index (χ2n) is 6.90. The first-order valence-corrected chi connectivity index (χ1v) is 9.53. The molecule has 0 spiro atoms. The Balaban J connectivity index is 1.91. The van der Waals surface area contributed by atoms with Crippen molar-refractivity contribution in [1.29, 1.82) is 0 Å². The monoisotopic (exact) mass is 467 g/mol. The van der Waals surface area contributed by atoms with Crippen LogP contribution in [0.25, 0.3) is 10.4 Å². The number of carbonyl (C=O) groups is 1. The van der Waals surface area contributed by atoms with Gasteiger partial charge in [-0.15, -0.1) is 0 Å². The Hall–Kier alpha value is -3.58. The van der Waals surface area contributed by atoms with Gasteiger partial charge in [0.25, 0.3) is 5.56 Å². The number of H-pyrrole nitrogens is 1. The van der Waals surface area contributed by atoms with Gasteiger partial charge in [-0.2, -0.15) is 8.78 Å². The lowest BCUT2D eigenvalue weighted by atomic mass is 10.1. The lowest BCUT2D eigenvalue weighted by Crippen LogP contribution is -2.43. The zero-order chi connectivity index (χ0) is 24.0. The van der Waals surface area contributed by atoms with E-state index in [2.05, 4.69) is 14.8 Å². The minimum Gasteiger partial charge on any atom is -0.459 e. The number of hydrogen-bond donors (Lipinski definition) is 1. The summed E-state index contributed by atoms with van der Waals surface area (Å²) in [5.74, 6) is -0.731. The normalized spacial score (nSPS) is 22.5. The lowest BCUT2D eigenvalue weighted by Gasteiger charge is -2.27. The minimum absolute atomic E-state index is 0.226. The second kappa shape index (κ2) is 10.4. The lowest BCUT2D eigenvalue weighted by molar-refractivity contribution is -0.293. The number of nitrogens with one attached hydrogen (secondary N) is 1. The molecule has 2 aromatic rings. The maximum Gasteiger partial charge on any atom is 0.379 e. The molecule has 1 saturated heterocycles. The minimum atomic E-state index is -3.84. The van der Waals surface area contributed by atoms with E-state index in [0.29, 0.717) is 0 Å². The maximum atomic E-state index is 14.2. The molecule has 0 aliphatic carbocycles. The van der Waals surface area contributed by atoms with E-state index >= 15 is 0 Å². The molecule has 1 aromatic heterocycles. The van der Waals surface area contributed by atoms with E-state index in [1.807, 2.05) is 4.98 Å². The predicted octanol–water partition coefficient (Wildman–Crippen LogP) is 1.59. The Bertz CT molecular complexity index is 1130. The van der Waals surface area contributed by atoms with Gasteiger partial charge in [-0.3, -0.25) is 14.3 Å². The molecule has 1 fully saturated rings. The topological polar surface area (TPSA) is 158 Å². The number of hydrogen-bond acceptors (Lipinski definition) is 8. The summed E-state index contributed by atoms with van der Waals surface area (Å²) in [5.41, 5.74) is 7.50. The van der Waals surface area contributed by atoms with Crippen LogP contribution in [0.2, 0.25) is 0 Å². The van der Waals surface area contributed by atoms with Gasteiger partial charge in [0, 0.05) is 24.3 Å². The molecule has 4 atom stereocenters. The third-order valence-electron chi connectivity index (χ3n) is 4.63. The third kappa shape index (κ3) is 5.81. The summed E-state index contributed by atoms with van der Waals surface area (Å²) in [6.45, 7) is -1.63. The van der Waals surface area contributed by atoms with Crippen molar-refractivity contribution in [2.75, 3.05) is 20.3 Å². The second-order valence-corrected chi connectivity index (χ2v) is 6.90. The number of carbonyl (C=O) groups excluding carboxylic acids is 1. The number of nitrogens with zero attached hydrogens (tertiary/aromatic N) is 4. The van der Waals surface area contributed by atoms with Crippen molar-refractivity contribution in [3.8, 4) is 0 Å². The van der Waals surface area contributed by atoms with Crippen LogP contribution >= 0.6 is 0 Å². The molecular formula is C19H19F2N5O7. The van der Waals surface area contributed by atoms with Crippen molar-refractivity contribution in [1.82, 2.24) is 9.55 Å². The Morgan fingerprint density at radius 3 is 2.67 bits per heavy atom. The average Bonchev–Trinajstić information content (AvgIpc) is 3.09. The Kier molecular flexibility index (Phi) is 7.55. The van der Waals surface area contributed by atoms with Crippen molar-refractivity contribution >= 4 is 5.97 Å². The van der Waals surface area contributed by atoms with Crippen molar-refractivity contribution in [2.45, 2.75) is 30.6 Å². The van der Waals surface area contributed by atoms with Gasteiger partial charge in [0.05, 0.1) is 11.6 Å². The number of alkyl halides is 2. The summed E-state index contributed by atoms with van der Waals surface area (Å²) in [7, 11) is 1.03. The number of esters is 1. The van der Waals surface area contributed by atoms with Crippen molar-refractivity contribution in [2.24, 2.45) is 5.11 Å². The molecule has 1 aromatic carbocycles. The first-order valence-electron chi connectivity index (χ1n) is 9.53. The highest BCUT2D eigenvalue weighted by Gasteiger charge is 2.51. The van der Waals surface area contributed by atoms with Crippen LogP contribution in [0.3, 0.4) is 0 Å². The van der Waals surface area contributed by atoms with Gasteiger partial charge in [-0.05, 0) is 17.7 Å². The zero-order valence-corrected chi connectivity index (χ0v) is 17.2. The summed E-state index contributed by atoms with van der Waals surface area (Å²) < 4.78 is 49.4. The van der Waals surface area contributed by atoms with Crippen LogP contribution in [-0.4, -0.2) is 60.2 Å². The number of methoxy groups -OCH3 is 1. The molecule has 2 heterocycles. The van der Waals surface area contributed by atoms with E-state index in [0.717, 1.165) is 23.9 Å². The molecule has 0 radical (unpaired) electrons. The molecule has 0 saturated carbocycles. The molecule has 3 rings (SSSR count). The van der Waals surface area contributed by atoms with Crippen LogP contribution in [0.5, 0.6) is 0 Å². The van der Waals surface area contributed by atoms with Crippen LogP contribution in [0.4, 0.5) is 8.78 Å². The summed E-state index contributed by atoms with van der Waals surface area (Å²) >= 11 is 0. The van der Waals surface area contributed by atoms with Crippen molar-refractivity contribution < 1.29 is 32.5 Å². The Morgan fingerprint density at radius 2 is 2.03 bits per heavy atom. The first-order chi connectivity index (χ1) is 15.8. The van der Waals surface area contributed by atoms with Crippen LogP contribution in [0, 0.1) is 0 Å². The average molecular weight is 467 g/mol. The molecule has 33 heavy (non-hydrogen) atoms. The Labute approximate surface area is 184 Å².